The van der Waals surface area contributed by atoms with E-state index >= 15 is 0 Å². The molecule has 2 rings (SSSR count). The molecule has 0 spiro atoms. The van der Waals surface area contributed by atoms with Crippen LogP contribution in [0.2, 0.25) is 5.02 Å². The number of allylic oxidation sites excluding steroid dienone is 1. The minimum Gasteiger partial charge on any atom is -0.403 e. The number of aromatic nitrogens is 2. The van der Waals surface area contributed by atoms with Gasteiger partial charge in [-0.3, -0.25) is 9.79 Å². The summed E-state index contributed by atoms with van der Waals surface area (Å²) in [5.74, 6) is 0.0572. The van der Waals surface area contributed by atoms with Crippen LogP contribution in [0.4, 0.5) is 16.2 Å². The maximum atomic E-state index is 13.6. The molecule has 0 radical (unpaired) electrons. The van der Waals surface area contributed by atoms with E-state index in [-0.39, 0.29) is 24.2 Å². The molecule has 1 aromatic heterocycles. The molecule has 0 aliphatic heterocycles. The molecule has 0 saturated heterocycles. The van der Waals surface area contributed by atoms with Crippen LogP contribution in [-0.4, -0.2) is 41.9 Å². The quantitative estimate of drug-likeness (QED) is 0.352. The number of nitrogens with two attached hydrogens (primary N) is 1. The number of rotatable bonds is 9. The van der Waals surface area contributed by atoms with E-state index in [2.05, 4.69) is 30.9 Å². The van der Waals surface area contributed by atoms with Crippen molar-refractivity contribution in [1.29, 1.82) is 0 Å². The third kappa shape index (κ3) is 6.91. The highest BCUT2D eigenvalue weighted by molar-refractivity contribution is 7.98. The van der Waals surface area contributed by atoms with Gasteiger partial charge in [0.1, 0.15) is 17.4 Å². The maximum Gasteiger partial charge on any atom is 0.241 e. The van der Waals surface area contributed by atoms with Gasteiger partial charge in [-0.25, -0.2) is 9.37 Å². The number of nitrogens with one attached hydrogen (secondary N) is 3. The number of nitrogens with zero attached hydrogens (tertiary/aromatic N) is 3. The average Bonchev–Trinajstić information content (AvgIpc) is 2.73. The van der Waals surface area contributed by atoms with Crippen LogP contribution in [0.25, 0.3) is 0 Å². The zero-order valence-electron chi connectivity index (χ0n) is 15.9. The number of benzene rings is 1. The summed E-state index contributed by atoms with van der Waals surface area (Å²) >= 11 is 7.69. The second-order valence-electron chi connectivity index (χ2n) is 5.59. The lowest BCUT2D eigenvalue weighted by Crippen LogP contribution is -2.20. The molecule has 1 aromatic carbocycles. The minimum absolute atomic E-state index is 0.0325. The van der Waals surface area contributed by atoms with E-state index in [9.17, 15) is 9.18 Å². The van der Waals surface area contributed by atoms with Gasteiger partial charge in [-0.2, -0.15) is 4.98 Å². The fraction of sp³-hybridized carbons (Fsp3) is 0.222. The average molecular weight is 438 g/mol. The van der Waals surface area contributed by atoms with Crippen LogP contribution in [0.15, 0.2) is 46.2 Å². The van der Waals surface area contributed by atoms with Gasteiger partial charge in [-0.1, -0.05) is 11.6 Å². The van der Waals surface area contributed by atoms with Gasteiger partial charge in [0.2, 0.25) is 11.9 Å². The number of amides is 1. The van der Waals surface area contributed by atoms with E-state index in [1.807, 2.05) is 6.26 Å². The van der Waals surface area contributed by atoms with Gasteiger partial charge in [0, 0.05) is 30.9 Å². The van der Waals surface area contributed by atoms with Gasteiger partial charge < -0.3 is 21.7 Å². The summed E-state index contributed by atoms with van der Waals surface area (Å²) in [4.78, 5) is 24.5. The smallest absolute Gasteiger partial charge is 0.241 e. The van der Waals surface area contributed by atoms with Crippen molar-refractivity contribution in [2.45, 2.75) is 11.4 Å². The summed E-state index contributed by atoms with van der Waals surface area (Å²) in [5, 5.41) is 8.75. The Morgan fingerprint density at radius 3 is 2.93 bits per heavy atom. The zero-order valence-corrected chi connectivity index (χ0v) is 17.4. The second kappa shape index (κ2) is 11.2. The normalized spacial score (nSPS) is 11.5. The molecule has 11 heteroatoms. The van der Waals surface area contributed by atoms with Crippen LogP contribution >= 0.6 is 23.4 Å². The third-order valence-corrected chi connectivity index (χ3v) is 4.73. The fourth-order valence-corrected chi connectivity index (χ4v) is 2.92. The molecule has 0 atom stereocenters. The van der Waals surface area contributed by atoms with Gasteiger partial charge in [-0.15, -0.1) is 11.8 Å². The highest BCUT2D eigenvalue weighted by atomic mass is 35.5. The van der Waals surface area contributed by atoms with E-state index in [1.54, 1.807) is 6.07 Å². The van der Waals surface area contributed by atoms with Crippen LogP contribution in [0, 0.1) is 5.82 Å². The summed E-state index contributed by atoms with van der Waals surface area (Å²) in [6.07, 6.45) is 6.02. The summed E-state index contributed by atoms with van der Waals surface area (Å²) in [6.45, 7) is 0.298. The first-order valence-corrected chi connectivity index (χ1v) is 10.0. The fourth-order valence-electron chi connectivity index (χ4n) is 2.17. The van der Waals surface area contributed by atoms with Crippen molar-refractivity contribution in [2.75, 3.05) is 30.5 Å². The van der Waals surface area contributed by atoms with Crippen molar-refractivity contribution in [1.82, 2.24) is 15.3 Å². The van der Waals surface area contributed by atoms with Crippen LogP contribution in [0.5, 0.6) is 0 Å². The van der Waals surface area contributed by atoms with E-state index in [0.29, 0.717) is 23.1 Å². The molecular weight excluding hydrogens is 417 g/mol. The molecule has 0 fully saturated rings. The Bertz CT molecular complexity index is 923. The predicted octanol–water partition coefficient (Wildman–Crippen LogP) is 2.63. The van der Waals surface area contributed by atoms with E-state index in [1.165, 1.54) is 49.6 Å². The molecule has 0 bridgehead atoms. The standard InChI is InChI=1S/C18H21ClFN7OS/c1-22-16(28)10-23-8-13(6-21)26-18-25-9-14(19)17(27-18)24-7-11-5-12(20)3-4-15(11)29-2/h3-6,8-9H,7,10,21H2,1-2H3,(H,22,28)(H2,24,25,26,27)/b13-6+,23-8?. The number of hydrogen-bond donors (Lipinski definition) is 4. The first kappa shape index (κ1) is 22.4. The van der Waals surface area contributed by atoms with Crippen LogP contribution in [0.3, 0.4) is 0 Å². The van der Waals surface area contributed by atoms with Crippen molar-refractivity contribution in [3.63, 3.8) is 0 Å². The van der Waals surface area contributed by atoms with Crippen LogP contribution in [0.1, 0.15) is 5.56 Å². The van der Waals surface area contributed by atoms with Crippen LogP contribution in [-0.2, 0) is 11.3 Å². The summed E-state index contributed by atoms with van der Waals surface area (Å²) in [5.41, 5.74) is 6.75. The molecule has 0 aliphatic rings. The van der Waals surface area contributed by atoms with Gasteiger partial charge in [0.05, 0.1) is 11.9 Å². The predicted molar refractivity (Wildman–Crippen MR) is 116 cm³/mol. The highest BCUT2D eigenvalue weighted by Gasteiger charge is 2.09. The Morgan fingerprint density at radius 1 is 1.45 bits per heavy atom. The number of anilines is 2. The molecule has 5 N–H and O–H groups in total. The number of carbonyl (C=O) groups is 1. The van der Waals surface area contributed by atoms with Gasteiger partial charge in [-0.05, 0) is 30.0 Å². The SMILES string of the molecule is CNC(=O)CN=C/C(=C\N)Nc1ncc(Cl)c(NCc2cc(F)ccc2SC)n1. The molecule has 1 heterocycles. The van der Waals surface area contributed by atoms with Crippen molar-refractivity contribution in [2.24, 2.45) is 10.7 Å². The van der Waals surface area contributed by atoms with E-state index < -0.39 is 0 Å². The summed E-state index contributed by atoms with van der Waals surface area (Å²) in [6, 6.07) is 4.61. The van der Waals surface area contributed by atoms with Crippen molar-refractivity contribution in [3.05, 3.63) is 52.7 Å². The largest absolute Gasteiger partial charge is 0.403 e. The van der Waals surface area contributed by atoms with Crippen molar-refractivity contribution >= 4 is 47.3 Å². The molecule has 2 aromatic rings. The summed E-state index contributed by atoms with van der Waals surface area (Å²) in [7, 11) is 1.53. The first-order chi connectivity index (χ1) is 14.0. The van der Waals surface area contributed by atoms with Crippen molar-refractivity contribution in [3.8, 4) is 0 Å². The lowest BCUT2D eigenvalue weighted by Gasteiger charge is -2.12. The molecule has 1 amide bonds. The zero-order chi connectivity index (χ0) is 21.2. The molecule has 154 valence electrons. The third-order valence-electron chi connectivity index (χ3n) is 3.61. The van der Waals surface area contributed by atoms with Gasteiger partial charge >= 0.3 is 0 Å². The minimum atomic E-state index is -0.315. The molecule has 0 aliphatic carbocycles. The monoisotopic (exact) mass is 437 g/mol. The molecule has 0 saturated carbocycles. The Kier molecular flexibility index (Phi) is 8.68. The maximum absolute atomic E-state index is 13.6. The Balaban J connectivity index is 2.09. The number of carbonyl (C=O) groups excluding carboxylic acids is 1. The van der Waals surface area contributed by atoms with Crippen LogP contribution < -0.4 is 21.7 Å². The number of halogens is 2. The van der Waals surface area contributed by atoms with Crippen molar-refractivity contribution < 1.29 is 9.18 Å². The number of hydrogen-bond acceptors (Lipinski definition) is 8. The molecule has 0 unspecified atom stereocenters. The van der Waals surface area contributed by atoms with Gasteiger partial charge in [0.15, 0.2) is 5.82 Å². The molecular formula is C18H21ClFN7OS. The Hall–Kier alpha value is -2.85. The molecule has 29 heavy (non-hydrogen) atoms. The Morgan fingerprint density at radius 2 is 2.24 bits per heavy atom. The van der Waals surface area contributed by atoms with E-state index in [0.717, 1.165) is 10.5 Å². The topological polar surface area (TPSA) is 117 Å². The lowest BCUT2D eigenvalue weighted by atomic mass is 10.2. The second-order valence-corrected chi connectivity index (χ2v) is 6.85. The first-order valence-electron chi connectivity index (χ1n) is 8.45. The van der Waals surface area contributed by atoms with E-state index in [4.69, 9.17) is 17.3 Å². The summed E-state index contributed by atoms with van der Waals surface area (Å²) < 4.78 is 13.6. The molecule has 8 nitrogen and oxygen atoms in total. The highest BCUT2D eigenvalue weighted by Crippen LogP contribution is 2.24. The number of aliphatic imine (C=N–C) groups is 1. The number of likely N-dealkylation sites (N-methyl/N-ethyl adjacent to an activating group) is 1. The lowest BCUT2D eigenvalue weighted by molar-refractivity contribution is -0.119. The number of thioether (sulfide) groups is 1. The van der Waals surface area contributed by atoms with Gasteiger partial charge in [0.25, 0.3) is 0 Å². The Labute approximate surface area is 177 Å².